The molecule has 3 aromatic carbocycles. The summed E-state index contributed by atoms with van der Waals surface area (Å²) in [6, 6.07) is 22.0. The van der Waals surface area contributed by atoms with Crippen molar-refractivity contribution in [3.8, 4) is 34.5 Å². The Morgan fingerprint density at radius 3 is 0.930 bits per heavy atom. The molecule has 0 fully saturated rings. The highest BCUT2D eigenvalue weighted by Crippen LogP contribution is 2.33. The molecule has 0 atom stereocenters. The molecule has 43 heavy (non-hydrogen) atoms. The van der Waals surface area contributed by atoms with Crippen molar-refractivity contribution < 1.29 is 42.4 Å². The van der Waals surface area contributed by atoms with Gasteiger partial charge in [0.25, 0.3) is 0 Å². The van der Waals surface area contributed by atoms with Crippen molar-refractivity contribution in [2.75, 3.05) is 59.5 Å². The monoisotopic (exact) mass is 596 g/mol. The average Bonchev–Trinajstić information content (AvgIpc) is 3.03. The van der Waals surface area contributed by atoms with E-state index in [4.69, 9.17) is 42.4 Å². The van der Waals surface area contributed by atoms with E-state index in [9.17, 15) is 0 Å². The fraction of sp³-hybridized carbons (Fsp3) is 0.455. The maximum Gasteiger partial charge on any atom is 0.864 e. The molecule has 0 saturated carbocycles. The second kappa shape index (κ2) is 21.1. The van der Waals surface area contributed by atoms with Crippen LogP contribution in [0.25, 0.3) is 0 Å². The van der Waals surface area contributed by atoms with Crippen LogP contribution in [-0.4, -0.2) is 66.8 Å². The number of para-hydroxylation sites is 6. The molecular weight excluding hydrogens is 551 g/mol. The Morgan fingerprint density at radius 1 is 0.372 bits per heavy atom. The molecule has 0 aromatic heterocycles. The molecule has 0 amide bonds. The molecule has 3 aromatic rings. The highest BCUT2D eigenvalue weighted by molar-refractivity contribution is 6.39. The largest absolute Gasteiger partial charge is 0.864 e. The van der Waals surface area contributed by atoms with Crippen LogP contribution in [0.4, 0.5) is 0 Å². The van der Waals surface area contributed by atoms with E-state index in [1.165, 1.54) is 0 Å². The summed E-state index contributed by atoms with van der Waals surface area (Å²) in [5.41, 5.74) is 0. The van der Waals surface area contributed by atoms with Crippen LogP contribution < -0.4 is 28.2 Å². The van der Waals surface area contributed by atoms with E-state index in [0.717, 1.165) is 19.3 Å². The number of hydrogen-bond acceptors (Lipinski definition) is 9. The van der Waals surface area contributed by atoms with Gasteiger partial charge in [-0.05, 0) is 55.7 Å². The van der Waals surface area contributed by atoms with Crippen LogP contribution in [-0.2, 0) is 14.2 Å². The normalized spacial score (nSPS) is 10.7. The molecular formula is C33H45BO9. The second-order valence-electron chi connectivity index (χ2n) is 9.36. The van der Waals surface area contributed by atoms with Gasteiger partial charge in [0.15, 0.2) is 17.2 Å². The molecule has 3 rings (SSSR count). The maximum absolute atomic E-state index is 6.29. The van der Waals surface area contributed by atoms with Gasteiger partial charge in [0.1, 0.15) is 37.1 Å². The van der Waals surface area contributed by atoms with Gasteiger partial charge in [0, 0.05) is 19.8 Å². The predicted molar refractivity (Wildman–Crippen MR) is 167 cm³/mol. The van der Waals surface area contributed by atoms with Gasteiger partial charge in [-0.2, -0.15) is 0 Å². The summed E-state index contributed by atoms with van der Waals surface area (Å²) in [5.74, 6) is 2.95. The van der Waals surface area contributed by atoms with Gasteiger partial charge in [-0.1, -0.05) is 57.2 Å². The minimum absolute atomic E-state index is 0.375. The molecule has 0 radical (unpaired) electrons. The van der Waals surface area contributed by atoms with Crippen LogP contribution in [0.3, 0.4) is 0 Å². The van der Waals surface area contributed by atoms with Gasteiger partial charge in [-0.15, -0.1) is 0 Å². The zero-order valence-corrected chi connectivity index (χ0v) is 25.7. The molecule has 0 heterocycles. The summed E-state index contributed by atoms with van der Waals surface area (Å²) in [5, 5.41) is 0. The summed E-state index contributed by atoms with van der Waals surface area (Å²) in [4.78, 5) is 0. The third-order valence-corrected chi connectivity index (χ3v) is 5.72. The highest BCUT2D eigenvalue weighted by atomic mass is 16.7. The summed E-state index contributed by atoms with van der Waals surface area (Å²) < 4.78 is 53.4. The van der Waals surface area contributed by atoms with E-state index in [-0.39, 0.29) is 0 Å². The van der Waals surface area contributed by atoms with Crippen molar-refractivity contribution in [1.29, 1.82) is 0 Å². The van der Waals surface area contributed by atoms with Crippen molar-refractivity contribution in [3.63, 3.8) is 0 Å². The minimum Gasteiger partial charge on any atom is -0.487 e. The fourth-order valence-corrected chi connectivity index (χ4v) is 3.75. The number of ether oxygens (including phenoxy) is 6. The van der Waals surface area contributed by atoms with Crippen molar-refractivity contribution in [1.82, 2.24) is 0 Å². The first-order chi connectivity index (χ1) is 21.2. The maximum atomic E-state index is 6.29. The molecule has 0 saturated heterocycles. The molecule has 0 bridgehead atoms. The van der Waals surface area contributed by atoms with Gasteiger partial charge in [-0.3, -0.25) is 0 Å². The van der Waals surface area contributed by atoms with Crippen LogP contribution in [0.15, 0.2) is 72.8 Å². The smallest absolute Gasteiger partial charge is 0.487 e. The Hall–Kier alpha value is -3.60. The average molecular weight is 597 g/mol. The van der Waals surface area contributed by atoms with Crippen molar-refractivity contribution >= 4 is 7.32 Å². The first-order valence-corrected chi connectivity index (χ1v) is 15.1. The predicted octanol–water partition coefficient (Wildman–Crippen LogP) is 6.62. The number of rotatable bonds is 24. The quantitative estimate of drug-likeness (QED) is 0.0837. The van der Waals surface area contributed by atoms with E-state index < -0.39 is 7.32 Å². The number of hydrogen-bond donors (Lipinski definition) is 0. The standard InChI is InChI=1S/C33H45BO9/c1-4-19-35-22-25-38-28-13-7-10-16-31(28)41-34(42-32-17-11-8-14-29(32)39-26-23-36-20-5-2)43-33-18-12-9-15-30(33)40-27-24-37-21-6-3/h7-18H,4-6,19-27H2,1-3H3. The molecule has 0 aliphatic carbocycles. The van der Waals surface area contributed by atoms with Crippen LogP contribution in [0, 0.1) is 0 Å². The zero-order valence-electron chi connectivity index (χ0n) is 25.7. The van der Waals surface area contributed by atoms with Gasteiger partial charge in [0.05, 0.1) is 19.8 Å². The van der Waals surface area contributed by atoms with Gasteiger partial charge in [0.2, 0.25) is 0 Å². The van der Waals surface area contributed by atoms with Crippen molar-refractivity contribution in [2.45, 2.75) is 40.0 Å². The number of benzene rings is 3. The molecule has 0 aliphatic heterocycles. The third kappa shape index (κ3) is 13.1. The first-order valence-electron chi connectivity index (χ1n) is 15.1. The van der Waals surface area contributed by atoms with Crippen LogP contribution in [0.5, 0.6) is 34.5 Å². The first kappa shape index (κ1) is 33.9. The van der Waals surface area contributed by atoms with Gasteiger partial charge in [-0.25, -0.2) is 0 Å². The molecule has 234 valence electrons. The Labute approximate surface area is 256 Å². The van der Waals surface area contributed by atoms with Crippen LogP contribution in [0.1, 0.15) is 40.0 Å². The summed E-state index contributed by atoms with van der Waals surface area (Å²) in [6.07, 6.45) is 2.85. The molecule has 0 spiro atoms. The summed E-state index contributed by atoms with van der Waals surface area (Å²) >= 11 is 0. The SMILES string of the molecule is CCCOCCOc1ccccc1OB(Oc1ccccc1OCCOCCC)Oc1ccccc1OCCOCCC. The Morgan fingerprint density at radius 2 is 0.651 bits per heavy atom. The van der Waals surface area contributed by atoms with Gasteiger partial charge >= 0.3 is 7.32 Å². The molecule has 0 N–H and O–H groups in total. The van der Waals surface area contributed by atoms with E-state index in [1.54, 1.807) is 18.2 Å². The molecule has 0 aliphatic rings. The van der Waals surface area contributed by atoms with Crippen molar-refractivity contribution in [3.05, 3.63) is 72.8 Å². The lowest BCUT2D eigenvalue weighted by Gasteiger charge is -2.21. The Kier molecular flexibility index (Phi) is 16.7. The Bertz CT molecular complexity index is 1010. The molecule has 10 heteroatoms. The highest BCUT2D eigenvalue weighted by Gasteiger charge is 2.33. The fourth-order valence-electron chi connectivity index (χ4n) is 3.75. The third-order valence-electron chi connectivity index (χ3n) is 5.72. The Balaban J connectivity index is 1.78. The van der Waals surface area contributed by atoms with E-state index in [1.807, 2.05) is 54.6 Å². The van der Waals surface area contributed by atoms with E-state index in [0.29, 0.717) is 94.0 Å². The summed E-state index contributed by atoms with van der Waals surface area (Å²) in [7, 11) is -1.22. The zero-order chi connectivity index (χ0) is 30.4. The lowest BCUT2D eigenvalue weighted by Crippen LogP contribution is -2.37. The van der Waals surface area contributed by atoms with Crippen molar-refractivity contribution in [2.24, 2.45) is 0 Å². The van der Waals surface area contributed by atoms with E-state index >= 15 is 0 Å². The molecule has 0 unspecified atom stereocenters. The lowest BCUT2D eigenvalue weighted by molar-refractivity contribution is 0.0987. The van der Waals surface area contributed by atoms with E-state index in [2.05, 4.69) is 20.8 Å². The van der Waals surface area contributed by atoms with Gasteiger partial charge < -0.3 is 42.4 Å². The minimum atomic E-state index is -1.22. The lowest BCUT2D eigenvalue weighted by atomic mass is 10.1. The van der Waals surface area contributed by atoms with Crippen LogP contribution >= 0.6 is 0 Å². The second-order valence-corrected chi connectivity index (χ2v) is 9.36. The topological polar surface area (TPSA) is 83.1 Å². The summed E-state index contributed by atoms with van der Waals surface area (Å²) in [6.45, 7) is 10.8. The molecule has 9 nitrogen and oxygen atoms in total. The van der Waals surface area contributed by atoms with Crippen LogP contribution in [0.2, 0.25) is 0 Å².